The molecule has 1 aliphatic heterocycles. The molecule has 1 fully saturated rings. The van der Waals surface area contributed by atoms with Crippen LogP contribution < -0.4 is 5.32 Å². The topological polar surface area (TPSA) is 87.8 Å². The highest BCUT2D eigenvalue weighted by Gasteiger charge is 2.40. The van der Waals surface area contributed by atoms with Crippen LogP contribution in [-0.4, -0.2) is 55.1 Å². The molecule has 0 unspecified atom stereocenters. The first-order valence-corrected chi connectivity index (χ1v) is 9.45. The van der Waals surface area contributed by atoms with Gasteiger partial charge in [0.2, 0.25) is 0 Å². The van der Waals surface area contributed by atoms with E-state index in [9.17, 15) is 8.42 Å². The monoisotopic (exact) mass is 342 g/mol. The van der Waals surface area contributed by atoms with E-state index < -0.39 is 14.6 Å². The zero-order valence-electron chi connectivity index (χ0n) is 14.5. The lowest BCUT2D eigenvalue weighted by atomic mass is 10.1. The molecule has 130 valence electrons. The summed E-state index contributed by atoms with van der Waals surface area (Å²) in [6.45, 7) is 8.96. The van der Waals surface area contributed by atoms with E-state index in [0.717, 1.165) is 11.5 Å². The molecule has 0 atom stereocenters. The molecule has 1 saturated heterocycles. The molecule has 1 aromatic heterocycles. The number of guanidine groups is 1. The molecule has 2 rings (SSSR count). The van der Waals surface area contributed by atoms with Crippen molar-refractivity contribution in [3.05, 3.63) is 17.5 Å². The lowest BCUT2D eigenvalue weighted by Crippen LogP contribution is -2.57. The predicted molar refractivity (Wildman–Crippen MR) is 90.2 cm³/mol. The average molecular weight is 342 g/mol. The van der Waals surface area contributed by atoms with E-state index in [2.05, 4.69) is 29.3 Å². The molecule has 1 aliphatic rings. The predicted octanol–water partition coefficient (Wildman–Crippen LogP) is 1.38. The third-order valence-electron chi connectivity index (χ3n) is 4.14. The number of sulfone groups is 1. The zero-order valence-corrected chi connectivity index (χ0v) is 15.3. The summed E-state index contributed by atoms with van der Waals surface area (Å²) < 4.78 is 28.7. The van der Waals surface area contributed by atoms with Gasteiger partial charge >= 0.3 is 0 Å². The standard InChI is InChI=1S/C15H26N4O3S/c1-11(2)13-8-12(22-18-13)9-17-14(16-5)19-6-7-23(20,21)15(3,4)10-19/h8,11H,6-7,9-10H2,1-5H3,(H,16,17). The lowest BCUT2D eigenvalue weighted by Gasteiger charge is -2.39. The van der Waals surface area contributed by atoms with Gasteiger partial charge in [-0.3, -0.25) is 4.99 Å². The Bertz CT molecular complexity index is 677. The van der Waals surface area contributed by atoms with Crippen molar-refractivity contribution < 1.29 is 12.9 Å². The maximum atomic E-state index is 12.1. The lowest BCUT2D eigenvalue weighted by molar-refractivity contribution is 0.344. The van der Waals surface area contributed by atoms with Crippen LogP contribution in [0.1, 0.15) is 45.1 Å². The van der Waals surface area contributed by atoms with Gasteiger partial charge in [-0.25, -0.2) is 8.42 Å². The van der Waals surface area contributed by atoms with E-state index in [-0.39, 0.29) is 5.75 Å². The van der Waals surface area contributed by atoms with Gasteiger partial charge in [-0.15, -0.1) is 0 Å². The highest BCUT2D eigenvalue weighted by atomic mass is 32.2. The van der Waals surface area contributed by atoms with Crippen molar-refractivity contribution in [2.24, 2.45) is 4.99 Å². The molecule has 0 radical (unpaired) electrons. The van der Waals surface area contributed by atoms with Gasteiger partial charge in [0.15, 0.2) is 21.6 Å². The smallest absolute Gasteiger partial charge is 0.194 e. The van der Waals surface area contributed by atoms with Gasteiger partial charge in [0.05, 0.1) is 22.7 Å². The maximum Gasteiger partial charge on any atom is 0.194 e. The largest absolute Gasteiger partial charge is 0.359 e. The van der Waals surface area contributed by atoms with Gasteiger partial charge in [0.25, 0.3) is 0 Å². The molecule has 1 aromatic rings. The first kappa shape index (κ1) is 17.8. The van der Waals surface area contributed by atoms with Crippen LogP contribution in [0, 0.1) is 0 Å². The molecule has 7 nitrogen and oxygen atoms in total. The highest BCUT2D eigenvalue weighted by Crippen LogP contribution is 2.23. The van der Waals surface area contributed by atoms with E-state index in [0.29, 0.717) is 31.5 Å². The Morgan fingerprint density at radius 3 is 2.74 bits per heavy atom. The molecule has 1 N–H and O–H groups in total. The summed E-state index contributed by atoms with van der Waals surface area (Å²) in [5.74, 6) is 1.87. The molecule has 2 heterocycles. The normalized spacial score (nSPS) is 20.8. The summed E-state index contributed by atoms with van der Waals surface area (Å²) in [7, 11) is -1.37. The molecule has 0 aromatic carbocycles. The summed E-state index contributed by atoms with van der Waals surface area (Å²) in [6.07, 6.45) is 0. The quantitative estimate of drug-likeness (QED) is 0.659. The number of hydrogen-bond donors (Lipinski definition) is 1. The van der Waals surface area contributed by atoms with Crippen LogP contribution >= 0.6 is 0 Å². The van der Waals surface area contributed by atoms with E-state index in [1.165, 1.54) is 0 Å². The van der Waals surface area contributed by atoms with Crippen molar-refractivity contribution in [3.8, 4) is 0 Å². The van der Waals surface area contributed by atoms with E-state index in [4.69, 9.17) is 4.52 Å². The molecule has 8 heteroatoms. The van der Waals surface area contributed by atoms with Gasteiger partial charge in [-0.05, 0) is 19.8 Å². The van der Waals surface area contributed by atoms with Crippen molar-refractivity contribution in [1.29, 1.82) is 0 Å². The Balaban J connectivity index is 2.01. The number of hydrogen-bond acceptors (Lipinski definition) is 5. The minimum Gasteiger partial charge on any atom is -0.359 e. The Hall–Kier alpha value is -1.57. The van der Waals surface area contributed by atoms with Crippen molar-refractivity contribution in [2.45, 2.75) is 44.9 Å². The second kappa shape index (κ2) is 6.51. The Morgan fingerprint density at radius 2 is 2.22 bits per heavy atom. The minimum atomic E-state index is -3.06. The number of aliphatic imine (C=N–C) groups is 1. The van der Waals surface area contributed by atoms with Crippen molar-refractivity contribution in [1.82, 2.24) is 15.4 Å². The summed E-state index contributed by atoms with van der Waals surface area (Å²) in [5.41, 5.74) is 0.919. The fourth-order valence-corrected chi connectivity index (χ4v) is 3.87. The molecule has 0 spiro atoms. The molecule has 0 amide bonds. The second-order valence-electron chi connectivity index (χ2n) is 6.77. The van der Waals surface area contributed by atoms with Crippen LogP contribution in [0.5, 0.6) is 0 Å². The van der Waals surface area contributed by atoms with E-state index in [1.54, 1.807) is 20.9 Å². The Kier molecular flexibility index (Phi) is 5.03. The van der Waals surface area contributed by atoms with Crippen molar-refractivity contribution in [3.63, 3.8) is 0 Å². The SMILES string of the molecule is CN=C(NCc1cc(C(C)C)no1)N1CCS(=O)(=O)C(C)(C)C1. The van der Waals surface area contributed by atoms with E-state index >= 15 is 0 Å². The summed E-state index contributed by atoms with van der Waals surface area (Å²) in [4.78, 5) is 6.23. The van der Waals surface area contributed by atoms with Crippen LogP contribution in [0.25, 0.3) is 0 Å². The summed E-state index contributed by atoms with van der Waals surface area (Å²) >= 11 is 0. The first-order chi connectivity index (χ1) is 10.7. The number of nitrogens with zero attached hydrogens (tertiary/aromatic N) is 3. The minimum absolute atomic E-state index is 0.139. The highest BCUT2D eigenvalue weighted by molar-refractivity contribution is 7.92. The van der Waals surface area contributed by atoms with Gasteiger partial charge in [-0.1, -0.05) is 19.0 Å². The fraction of sp³-hybridized carbons (Fsp3) is 0.733. The third kappa shape index (κ3) is 3.85. The molecule has 0 saturated carbocycles. The molecular formula is C15H26N4O3S. The van der Waals surface area contributed by atoms with Crippen LogP contribution in [0.2, 0.25) is 0 Å². The third-order valence-corrected chi connectivity index (χ3v) is 6.68. The van der Waals surface area contributed by atoms with Gasteiger partial charge in [0.1, 0.15) is 0 Å². The second-order valence-corrected chi connectivity index (χ2v) is 9.52. The number of nitrogens with one attached hydrogen (secondary N) is 1. The van der Waals surface area contributed by atoms with Crippen LogP contribution in [0.4, 0.5) is 0 Å². The molecule has 23 heavy (non-hydrogen) atoms. The van der Waals surface area contributed by atoms with Gasteiger partial charge in [-0.2, -0.15) is 0 Å². The fourth-order valence-electron chi connectivity index (χ4n) is 2.51. The Labute approximate surface area is 138 Å². The zero-order chi connectivity index (χ0) is 17.3. The number of aromatic nitrogens is 1. The summed E-state index contributed by atoms with van der Waals surface area (Å²) in [6, 6.07) is 1.93. The van der Waals surface area contributed by atoms with Gasteiger partial charge < -0.3 is 14.7 Å². The molecule has 0 bridgehead atoms. The van der Waals surface area contributed by atoms with E-state index in [1.807, 2.05) is 11.0 Å². The average Bonchev–Trinajstić information content (AvgIpc) is 2.92. The molecule has 0 aliphatic carbocycles. The number of rotatable bonds is 3. The van der Waals surface area contributed by atoms with Crippen LogP contribution in [0.3, 0.4) is 0 Å². The van der Waals surface area contributed by atoms with Crippen LogP contribution in [0.15, 0.2) is 15.6 Å². The van der Waals surface area contributed by atoms with Crippen molar-refractivity contribution in [2.75, 3.05) is 25.9 Å². The van der Waals surface area contributed by atoms with Gasteiger partial charge in [0, 0.05) is 26.2 Å². The maximum absolute atomic E-state index is 12.1. The molecular weight excluding hydrogens is 316 g/mol. The summed E-state index contributed by atoms with van der Waals surface area (Å²) in [5, 5.41) is 7.25. The van der Waals surface area contributed by atoms with Crippen molar-refractivity contribution >= 4 is 15.8 Å². The Morgan fingerprint density at radius 1 is 1.52 bits per heavy atom. The van der Waals surface area contributed by atoms with Crippen LogP contribution in [-0.2, 0) is 16.4 Å². The first-order valence-electron chi connectivity index (χ1n) is 7.79.